The third-order valence-electron chi connectivity index (χ3n) is 1.04. The van der Waals surface area contributed by atoms with Gasteiger partial charge in [-0.15, -0.1) is 0 Å². The summed E-state index contributed by atoms with van der Waals surface area (Å²) in [6.07, 6.45) is -14.7. The Morgan fingerprint density at radius 3 is 1.21 bits per heavy atom. The fraction of sp³-hybridized carbons (Fsp3) is 1.00. The van der Waals surface area contributed by atoms with Crippen molar-refractivity contribution in [2.45, 2.75) is 38.8 Å². The molecule has 0 aliphatic rings. The third-order valence-corrected chi connectivity index (χ3v) is 1.04. The van der Waals surface area contributed by atoms with E-state index >= 15 is 0 Å². The Hall–Kier alpha value is -0.500. The average Bonchev–Trinajstić information content (AvgIpc) is 2.03. The van der Waals surface area contributed by atoms with Crippen LogP contribution in [0.15, 0.2) is 0 Å². The molecule has 8 heteroatoms. The summed E-state index contributed by atoms with van der Waals surface area (Å²) >= 11 is 0. The van der Waals surface area contributed by atoms with Crippen molar-refractivity contribution in [1.82, 2.24) is 0 Å². The van der Waals surface area contributed by atoms with E-state index in [9.17, 15) is 26.3 Å². The lowest BCUT2D eigenvalue weighted by molar-refractivity contribution is -0.276. The Kier molecular flexibility index (Phi) is 5.86. The first-order chi connectivity index (χ1) is 6.34. The number of rotatable bonds is 6. The van der Waals surface area contributed by atoms with E-state index in [1.54, 1.807) is 0 Å². The lowest BCUT2D eigenvalue weighted by Crippen LogP contribution is -2.29. The normalized spacial score (nSPS) is 18.6. The van der Waals surface area contributed by atoms with Gasteiger partial charge in [-0.05, 0) is 6.92 Å². The zero-order chi connectivity index (χ0) is 11.3. The minimum atomic E-state index is -3.44. The van der Waals surface area contributed by atoms with Crippen molar-refractivity contribution in [2.24, 2.45) is 0 Å². The molecule has 14 heavy (non-hydrogen) atoms. The molecule has 0 spiro atoms. The molecule has 0 aromatic heterocycles. The summed E-state index contributed by atoms with van der Waals surface area (Å²) in [5.41, 5.74) is 0. The maximum absolute atomic E-state index is 12.1. The maximum Gasteiger partial charge on any atom is 0.293 e. The van der Waals surface area contributed by atoms with Crippen molar-refractivity contribution < 1.29 is 35.8 Å². The molecule has 2 unspecified atom stereocenters. The van der Waals surface area contributed by atoms with Crippen LogP contribution in [0.4, 0.5) is 26.3 Å². The molecule has 2 atom stereocenters. The van der Waals surface area contributed by atoms with Crippen LogP contribution in [0.25, 0.3) is 0 Å². The highest BCUT2D eigenvalue weighted by atomic mass is 19.3. The van der Waals surface area contributed by atoms with Gasteiger partial charge in [0.05, 0.1) is 0 Å². The summed E-state index contributed by atoms with van der Waals surface area (Å²) in [7, 11) is 0. The van der Waals surface area contributed by atoms with Crippen molar-refractivity contribution in [3.05, 3.63) is 0 Å². The number of ether oxygens (including phenoxy) is 2. The smallest absolute Gasteiger partial charge is 0.293 e. The summed E-state index contributed by atoms with van der Waals surface area (Å²) in [6, 6.07) is 0. The first-order valence-electron chi connectivity index (χ1n) is 3.50. The molecule has 0 N–H and O–H groups in total. The van der Waals surface area contributed by atoms with E-state index in [0.717, 1.165) is 6.92 Å². The molecule has 0 bridgehead atoms. The summed E-state index contributed by atoms with van der Waals surface area (Å²) < 4.78 is 77.5. The highest BCUT2D eigenvalue weighted by molar-refractivity contribution is 4.48. The lowest BCUT2D eigenvalue weighted by atomic mass is 10.6. The van der Waals surface area contributed by atoms with Gasteiger partial charge in [0, 0.05) is 0 Å². The van der Waals surface area contributed by atoms with Crippen molar-refractivity contribution >= 4 is 0 Å². The molecular weight excluding hydrogens is 218 g/mol. The van der Waals surface area contributed by atoms with Crippen LogP contribution in [0, 0.1) is 0 Å². The molecule has 0 rings (SSSR count). The van der Waals surface area contributed by atoms with Crippen molar-refractivity contribution in [2.75, 3.05) is 0 Å². The van der Waals surface area contributed by atoms with Gasteiger partial charge in [0.1, 0.15) is 0 Å². The minimum Gasteiger partial charge on any atom is -0.314 e. The number of halogens is 6. The van der Waals surface area contributed by atoms with Gasteiger partial charge in [-0.2, -0.15) is 0 Å². The fourth-order valence-electron chi connectivity index (χ4n) is 0.517. The number of hydrogen-bond acceptors (Lipinski definition) is 2. The molecule has 0 saturated carbocycles. The standard InChI is InChI=1S/C6H8F6O2/c1-2(13-5(11)3(7)8)14-6(12)4(9)10/h2-6H,1H3. The Morgan fingerprint density at radius 1 is 0.714 bits per heavy atom. The second-order valence-electron chi connectivity index (χ2n) is 2.21. The maximum atomic E-state index is 12.1. The lowest BCUT2D eigenvalue weighted by Gasteiger charge is -2.18. The molecule has 0 aromatic rings. The van der Waals surface area contributed by atoms with Crippen molar-refractivity contribution in [1.29, 1.82) is 0 Å². The highest BCUT2D eigenvalue weighted by Crippen LogP contribution is 2.14. The molecule has 0 heterocycles. The van der Waals surface area contributed by atoms with Crippen LogP contribution in [-0.4, -0.2) is 31.9 Å². The van der Waals surface area contributed by atoms with Gasteiger partial charge in [-0.3, -0.25) is 0 Å². The summed E-state index contributed by atoms with van der Waals surface area (Å²) in [4.78, 5) is 0. The second-order valence-corrected chi connectivity index (χ2v) is 2.21. The predicted molar refractivity (Wildman–Crippen MR) is 33.4 cm³/mol. The molecule has 0 amide bonds. The van der Waals surface area contributed by atoms with Crippen molar-refractivity contribution in [3.63, 3.8) is 0 Å². The SMILES string of the molecule is CC(OC(F)C(F)F)OC(F)C(F)F. The fourth-order valence-corrected chi connectivity index (χ4v) is 0.517. The van der Waals surface area contributed by atoms with E-state index in [2.05, 4.69) is 9.47 Å². The van der Waals surface area contributed by atoms with E-state index < -0.39 is 31.9 Å². The van der Waals surface area contributed by atoms with E-state index in [1.165, 1.54) is 0 Å². The topological polar surface area (TPSA) is 18.5 Å². The van der Waals surface area contributed by atoms with Gasteiger partial charge < -0.3 is 9.47 Å². The molecule has 0 aromatic carbocycles. The van der Waals surface area contributed by atoms with Gasteiger partial charge in [0.2, 0.25) is 0 Å². The monoisotopic (exact) mass is 226 g/mol. The van der Waals surface area contributed by atoms with Gasteiger partial charge in [0.15, 0.2) is 6.29 Å². The van der Waals surface area contributed by atoms with Gasteiger partial charge in [0.25, 0.3) is 25.6 Å². The Morgan fingerprint density at radius 2 is 1.00 bits per heavy atom. The molecule has 0 radical (unpaired) electrons. The van der Waals surface area contributed by atoms with Crippen molar-refractivity contribution in [3.8, 4) is 0 Å². The van der Waals surface area contributed by atoms with Gasteiger partial charge in [-0.25, -0.2) is 26.3 Å². The van der Waals surface area contributed by atoms with E-state index in [-0.39, 0.29) is 0 Å². The van der Waals surface area contributed by atoms with E-state index in [0.29, 0.717) is 0 Å². The summed E-state index contributed by atoms with van der Waals surface area (Å²) in [5.74, 6) is 0. The largest absolute Gasteiger partial charge is 0.314 e. The summed E-state index contributed by atoms with van der Waals surface area (Å²) in [6.45, 7) is 0.823. The summed E-state index contributed by atoms with van der Waals surface area (Å²) in [5, 5.41) is 0. The van der Waals surface area contributed by atoms with E-state index in [1.807, 2.05) is 0 Å². The van der Waals surface area contributed by atoms with Crippen LogP contribution < -0.4 is 0 Å². The van der Waals surface area contributed by atoms with E-state index in [4.69, 9.17) is 0 Å². The highest BCUT2D eigenvalue weighted by Gasteiger charge is 2.27. The number of hydrogen-bond donors (Lipinski definition) is 0. The molecule has 0 fully saturated rings. The van der Waals surface area contributed by atoms with Crippen LogP contribution in [0.3, 0.4) is 0 Å². The molecule has 86 valence electrons. The average molecular weight is 226 g/mol. The van der Waals surface area contributed by atoms with Gasteiger partial charge in [-0.1, -0.05) is 0 Å². The van der Waals surface area contributed by atoms with Crippen LogP contribution in [0.2, 0.25) is 0 Å². The van der Waals surface area contributed by atoms with Crippen LogP contribution in [0.5, 0.6) is 0 Å². The number of alkyl halides is 6. The molecule has 0 aliphatic heterocycles. The van der Waals surface area contributed by atoms with Gasteiger partial charge >= 0.3 is 0 Å². The molecule has 0 saturated heterocycles. The Labute approximate surface area is 75.8 Å². The Bertz CT molecular complexity index is 139. The van der Waals surface area contributed by atoms with Crippen LogP contribution >= 0.6 is 0 Å². The second kappa shape index (κ2) is 6.07. The molecular formula is C6H8F6O2. The predicted octanol–water partition coefficient (Wildman–Crippen LogP) is 2.49. The first-order valence-corrected chi connectivity index (χ1v) is 3.50. The molecule has 2 nitrogen and oxygen atoms in total. The Balaban J connectivity index is 3.80. The zero-order valence-corrected chi connectivity index (χ0v) is 6.97. The zero-order valence-electron chi connectivity index (χ0n) is 6.97. The van der Waals surface area contributed by atoms with Crippen LogP contribution in [-0.2, 0) is 9.47 Å². The minimum absolute atomic E-state index is 0.823. The van der Waals surface area contributed by atoms with Crippen LogP contribution in [0.1, 0.15) is 6.92 Å². The first kappa shape index (κ1) is 13.5. The molecule has 0 aliphatic carbocycles. The third kappa shape index (κ3) is 5.28. The quantitative estimate of drug-likeness (QED) is 0.511.